The van der Waals surface area contributed by atoms with Crippen molar-refractivity contribution in [1.82, 2.24) is 24.5 Å². The molecule has 24 heteroatoms. The summed E-state index contributed by atoms with van der Waals surface area (Å²) in [6.45, 7) is 0.232. The fourth-order valence-corrected chi connectivity index (χ4v) is 3.84. The third-order valence-corrected chi connectivity index (χ3v) is 5.67. The second-order valence-electron chi connectivity index (χ2n) is 10.2. The maximum atomic E-state index is 10.6. The molecule has 0 aliphatic rings. The molecule has 0 radical (unpaired) electrons. The van der Waals surface area contributed by atoms with E-state index in [2.05, 4.69) is 4.90 Å². The van der Waals surface area contributed by atoms with E-state index >= 15 is 0 Å². The van der Waals surface area contributed by atoms with Gasteiger partial charge in [0.05, 0.1) is 52.4 Å². The van der Waals surface area contributed by atoms with E-state index in [0.717, 1.165) is 39.2 Å². The van der Waals surface area contributed by atoms with Gasteiger partial charge in [-0.1, -0.05) is 0 Å². The van der Waals surface area contributed by atoms with E-state index in [0.29, 0.717) is 19.6 Å². The van der Waals surface area contributed by atoms with Gasteiger partial charge in [0, 0.05) is 65.4 Å². The summed E-state index contributed by atoms with van der Waals surface area (Å²) in [5, 5.41) is 68.9. The molecule has 50 heavy (non-hydrogen) atoms. The molecule has 0 aromatic heterocycles. The van der Waals surface area contributed by atoms with Crippen molar-refractivity contribution in [2.24, 2.45) is 17.2 Å². The first-order valence-electron chi connectivity index (χ1n) is 14.7. The van der Waals surface area contributed by atoms with Crippen molar-refractivity contribution in [1.29, 1.82) is 0 Å². The molecule has 0 amide bonds. The van der Waals surface area contributed by atoms with Crippen LogP contribution in [-0.4, -0.2) is 231 Å². The van der Waals surface area contributed by atoms with Crippen LogP contribution >= 0.6 is 0 Å². The quantitative estimate of drug-likeness (QED) is 0.0357. The number of nitrogens with two attached hydrogens (primary N) is 3. The highest BCUT2D eigenvalue weighted by Crippen LogP contribution is 1.95. The summed E-state index contributed by atoms with van der Waals surface area (Å²) in [5.74, 6) is -9.82. The third-order valence-electron chi connectivity index (χ3n) is 5.67. The predicted octanol–water partition coefficient (Wildman–Crippen LogP) is -5.98. The van der Waals surface area contributed by atoms with Gasteiger partial charge in [-0.05, 0) is 0 Å². The van der Waals surface area contributed by atoms with Gasteiger partial charge in [0.1, 0.15) is 0 Å². The van der Waals surface area contributed by atoms with Crippen molar-refractivity contribution in [2.75, 3.05) is 118 Å². The Hall–Kier alpha value is -4.56. The molecule has 290 valence electrons. The second-order valence-corrected chi connectivity index (χ2v) is 10.2. The molecule has 0 unspecified atom stereocenters. The Morgan fingerprint density at radius 1 is 0.280 bits per heavy atom. The van der Waals surface area contributed by atoms with Crippen LogP contribution in [0.1, 0.15) is 0 Å². The third kappa shape index (κ3) is 36.3. The summed E-state index contributed by atoms with van der Waals surface area (Å²) < 4.78 is 0. The van der Waals surface area contributed by atoms with Crippen molar-refractivity contribution in [3.05, 3.63) is 0 Å². The Balaban J connectivity index is -0.000000701. The van der Waals surface area contributed by atoms with Crippen LogP contribution in [0, 0.1) is 0 Å². The Bertz CT molecular complexity index is 845. The van der Waals surface area contributed by atoms with E-state index in [-0.39, 0.29) is 26.2 Å². The monoisotopic (exact) mass is 730 g/mol. The van der Waals surface area contributed by atoms with E-state index in [4.69, 9.17) is 58.1 Å². The van der Waals surface area contributed by atoms with E-state index in [1.807, 2.05) is 0 Å². The predicted molar refractivity (Wildman–Crippen MR) is 170 cm³/mol. The van der Waals surface area contributed by atoms with E-state index in [1.54, 1.807) is 0 Å². The Labute approximate surface area is 286 Å². The zero-order valence-electron chi connectivity index (χ0n) is 27.5. The van der Waals surface area contributed by atoms with E-state index in [1.165, 1.54) is 0 Å². The van der Waals surface area contributed by atoms with Crippen molar-refractivity contribution in [3.8, 4) is 0 Å². The van der Waals surface area contributed by atoms with Crippen molar-refractivity contribution in [2.45, 2.75) is 0 Å². The van der Waals surface area contributed by atoms with Crippen LogP contribution in [0.5, 0.6) is 0 Å². The molecule has 0 atom stereocenters. The average Bonchev–Trinajstić information content (AvgIpc) is 2.93. The standard InChI is InChI=1S/2C10H16N2O8.C6H18N4/c2*13-7(14)3-11(4-8(15)16)1-2-12(5-9(17)18)6-10(19)20;7-1-4-10(5-2-8)6-3-9/h2*1-6H2,(H,13,14)(H,15,16)(H,17,18)(H,19,20);1-9H2. The molecule has 0 fully saturated rings. The Kier molecular flexibility index (Phi) is 30.4. The largest absolute Gasteiger partial charge is 0.480 e. The van der Waals surface area contributed by atoms with Gasteiger partial charge >= 0.3 is 47.8 Å². The van der Waals surface area contributed by atoms with Gasteiger partial charge < -0.3 is 58.1 Å². The first-order valence-corrected chi connectivity index (χ1v) is 14.7. The van der Waals surface area contributed by atoms with Crippen molar-refractivity contribution in [3.63, 3.8) is 0 Å². The molecule has 0 aliphatic carbocycles. The summed E-state index contributed by atoms with van der Waals surface area (Å²) in [5.41, 5.74) is 16.1. The fraction of sp³-hybridized carbons (Fsp3) is 0.692. The number of carbonyl (C=O) groups is 8. The molecule has 0 spiro atoms. The van der Waals surface area contributed by atoms with Crippen LogP contribution in [-0.2, 0) is 38.4 Å². The molecule has 24 nitrogen and oxygen atoms in total. The lowest BCUT2D eigenvalue weighted by Gasteiger charge is -2.23. The highest BCUT2D eigenvalue weighted by atomic mass is 16.4. The van der Waals surface area contributed by atoms with Gasteiger partial charge in [-0.3, -0.25) is 62.9 Å². The van der Waals surface area contributed by atoms with Crippen LogP contribution in [0.25, 0.3) is 0 Å². The van der Waals surface area contributed by atoms with E-state index < -0.39 is 100 Å². The zero-order valence-corrected chi connectivity index (χ0v) is 27.5. The topological polar surface area (TPSA) is 393 Å². The van der Waals surface area contributed by atoms with Crippen molar-refractivity contribution >= 4 is 47.8 Å². The molecule has 0 aromatic rings. The normalized spacial score (nSPS) is 10.7. The SMILES string of the molecule is NCCN(CCN)CCN.O=C(O)CN(CCN(CC(=O)O)CC(=O)O)CC(=O)O.O=C(O)CN(CCN(CC(=O)O)CC(=O)O)CC(=O)O. The average molecular weight is 731 g/mol. The maximum absolute atomic E-state index is 10.6. The molecule has 14 N–H and O–H groups in total. The summed E-state index contributed by atoms with van der Waals surface area (Å²) in [4.78, 5) is 90.9. The number of rotatable bonds is 28. The van der Waals surface area contributed by atoms with Gasteiger partial charge in [-0.2, -0.15) is 0 Å². The fourth-order valence-electron chi connectivity index (χ4n) is 3.84. The summed E-state index contributed by atoms with van der Waals surface area (Å²) in [7, 11) is 0. The second kappa shape index (κ2) is 30.5. The van der Waals surface area contributed by atoms with Crippen LogP contribution in [0.2, 0.25) is 0 Å². The first-order chi connectivity index (χ1) is 23.2. The molecule has 0 aromatic carbocycles. The molecule has 0 saturated carbocycles. The molecule has 0 bridgehead atoms. The summed E-state index contributed by atoms with van der Waals surface area (Å²) in [6.07, 6.45) is 0. The molecule has 0 rings (SSSR count). The van der Waals surface area contributed by atoms with Crippen molar-refractivity contribution < 1.29 is 79.2 Å². The van der Waals surface area contributed by atoms with Gasteiger partial charge in [0.25, 0.3) is 0 Å². The maximum Gasteiger partial charge on any atom is 0.317 e. The van der Waals surface area contributed by atoms with Gasteiger partial charge in [0.15, 0.2) is 0 Å². The molecule has 0 heterocycles. The minimum Gasteiger partial charge on any atom is -0.480 e. The molecular formula is C26H50N8O16. The van der Waals surface area contributed by atoms with Gasteiger partial charge in [-0.25, -0.2) is 0 Å². The highest BCUT2D eigenvalue weighted by molar-refractivity contribution is 5.74. The van der Waals surface area contributed by atoms with Crippen LogP contribution in [0.3, 0.4) is 0 Å². The van der Waals surface area contributed by atoms with Crippen LogP contribution < -0.4 is 17.2 Å². The Morgan fingerprint density at radius 3 is 0.520 bits per heavy atom. The number of carboxylic acid groups (broad SMARTS) is 8. The summed E-state index contributed by atoms with van der Waals surface area (Å²) in [6, 6.07) is 0. The van der Waals surface area contributed by atoms with Gasteiger partial charge in [0.2, 0.25) is 0 Å². The number of hydrogen-bond donors (Lipinski definition) is 11. The highest BCUT2D eigenvalue weighted by Gasteiger charge is 2.19. The van der Waals surface area contributed by atoms with E-state index in [9.17, 15) is 38.4 Å². The van der Waals surface area contributed by atoms with Gasteiger partial charge in [-0.15, -0.1) is 0 Å². The number of aliphatic carboxylic acids is 8. The number of hydrogen-bond acceptors (Lipinski definition) is 16. The number of nitrogens with zero attached hydrogens (tertiary/aromatic N) is 5. The molecular weight excluding hydrogens is 680 g/mol. The Morgan fingerprint density at radius 2 is 0.420 bits per heavy atom. The minimum absolute atomic E-state index is 0.0703. The first kappa shape index (κ1) is 49.8. The number of carboxylic acids is 8. The van der Waals surface area contributed by atoms with Crippen LogP contribution in [0.4, 0.5) is 0 Å². The molecule has 0 saturated heterocycles. The lowest BCUT2D eigenvalue weighted by atomic mass is 10.4. The van der Waals surface area contributed by atoms with Crippen LogP contribution in [0.15, 0.2) is 0 Å². The smallest absolute Gasteiger partial charge is 0.317 e. The lowest BCUT2D eigenvalue weighted by Crippen LogP contribution is -2.43. The summed E-state index contributed by atoms with van der Waals surface area (Å²) >= 11 is 0. The minimum atomic E-state index is -1.23. The zero-order chi connectivity index (χ0) is 39.2. The molecule has 0 aliphatic heterocycles. The lowest BCUT2D eigenvalue weighted by molar-refractivity contribution is -0.145.